The Morgan fingerprint density at radius 1 is 0.696 bits per heavy atom. The third kappa shape index (κ3) is 6.99. The maximum atomic E-state index is 2.31. The quantitative estimate of drug-likeness (QED) is 0.306. The van der Waals surface area contributed by atoms with E-state index in [0.29, 0.717) is 0 Å². The van der Waals surface area contributed by atoms with Gasteiger partial charge in [-0.05, 0) is 0 Å². The molecule has 0 N–H and O–H groups in total. The summed E-state index contributed by atoms with van der Waals surface area (Å²) >= 11 is 1.74. The van der Waals surface area contributed by atoms with Crippen LogP contribution < -0.4 is 12.4 Å². The number of halogens is 1. The van der Waals surface area contributed by atoms with Crippen LogP contribution in [0.15, 0.2) is 84.9 Å². The van der Waals surface area contributed by atoms with Gasteiger partial charge in [-0.1, -0.05) is 12.1 Å². The zero-order chi connectivity index (χ0) is 15.8. The fourth-order valence-electron chi connectivity index (χ4n) is 2.14. The van der Waals surface area contributed by atoms with E-state index in [0.717, 1.165) is 0 Å². The Morgan fingerprint density at radius 2 is 1.04 bits per heavy atom. The molecule has 0 saturated carbocycles. The van der Waals surface area contributed by atoms with Crippen LogP contribution in [0.1, 0.15) is 0 Å². The summed E-state index contributed by atoms with van der Waals surface area (Å²) in [5.74, 6) is 0. The molecular formula is C20H20ClSiZr-3. The van der Waals surface area contributed by atoms with Gasteiger partial charge in [-0.25, -0.2) is 0 Å². The second-order valence-electron chi connectivity index (χ2n) is 5.31. The Labute approximate surface area is 160 Å². The number of benzene rings is 2. The van der Waals surface area contributed by atoms with E-state index in [1.165, 1.54) is 21.5 Å². The van der Waals surface area contributed by atoms with E-state index >= 15 is 0 Å². The molecule has 0 heterocycles. The van der Waals surface area contributed by atoms with Crippen LogP contribution in [0.4, 0.5) is 0 Å². The van der Waals surface area contributed by atoms with Crippen molar-refractivity contribution in [2.24, 2.45) is 0 Å². The molecule has 0 spiro atoms. The van der Waals surface area contributed by atoms with Gasteiger partial charge in [0.25, 0.3) is 0 Å². The van der Waals surface area contributed by atoms with Crippen LogP contribution in [0.25, 0.3) is 21.5 Å². The summed E-state index contributed by atoms with van der Waals surface area (Å²) in [4.78, 5) is 0. The van der Waals surface area contributed by atoms with E-state index < -0.39 is 0 Å². The van der Waals surface area contributed by atoms with Gasteiger partial charge in [0.2, 0.25) is 0 Å². The molecule has 4 aromatic carbocycles. The van der Waals surface area contributed by atoms with Gasteiger partial charge in [-0.15, -0.1) is 59.3 Å². The summed E-state index contributed by atoms with van der Waals surface area (Å²) in [7, 11) is 0. The first kappa shape index (κ1) is 20.1. The third-order valence-electron chi connectivity index (χ3n) is 3.10. The summed E-state index contributed by atoms with van der Waals surface area (Å²) < 4.78 is 0. The van der Waals surface area contributed by atoms with E-state index in [2.05, 4.69) is 98.0 Å². The number of fused-ring (bicyclic) bond motifs is 2. The fourth-order valence-corrected chi connectivity index (χ4v) is 2.14. The Bertz CT molecular complexity index is 714. The van der Waals surface area contributed by atoms with Gasteiger partial charge in [0.15, 0.2) is 0 Å². The molecule has 0 saturated heterocycles. The summed E-state index contributed by atoms with van der Waals surface area (Å²) in [6.45, 7) is 4.62. The molecule has 0 unspecified atom stereocenters. The topological polar surface area (TPSA) is 0 Å². The molecule has 0 aliphatic rings. The van der Waals surface area contributed by atoms with E-state index in [1.807, 2.05) is 0 Å². The molecule has 0 atom stereocenters. The second-order valence-corrected chi connectivity index (χ2v) is 14.7. The summed E-state index contributed by atoms with van der Waals surface area (Å²) in [6, 6.07) is 29.3. The van der Waals surface area contributed by atoms with Gasteiger partial charge < -0.3 is 12.4 Å². The molecule has 0 aliphatic heterocycles. The Balaban J connectivity index is 0.000000182. The van der Waals surface area contributed by atoms with Crippen LogP contribution in [0.2, 0.25) is 13.1 Å². The van der Waals surface area contributed by atoms with Gasteiger partial charge in [-0.2, -0.15) is 35.0 Å². The van der Waals surface area contributed by atoms with Crippen molar-refractivity contribution in [1.29, 1.82) is 0 Å². The van der Waals surface area contributed by atoms with Crippen molar-refractivity contribution in [2.45, 2.75) is 13.1 Å². The first-order valence-corrected chi connectivity index (χ1v) is 13.6. The summed E-state index contributed by atoms with van der Waals surface area (Å²) in [5.41, 5.74) is 0.210. The molecule has 0 aliphatic carbocycles. The van der Waals surface area contributed by atoms with E-state index in [1.54, 1.807) is 23.3 Å². The average Bonchev–Trinajstić information content (AvgIpc) is 3.16. The van der Waals surface area contributed by atoms with Crippen molar-refractivity contribution >= 4 is 27.0 Å². The van der Waals surface area contributed by atoms with Crippen LogP contribution in [-0.2, 0) is 23.3 Å². The SMILES string of the molecule is C[Si](C)=[Zr].[Cl-].c1ccc2[cH-]ccc2c1.c1ccc2[cH-]ccc2c1. The van der Waals surface area contributed by atoms with Crippen molar-refractivity contribution in [2.75, 3.05) is 0 Å². The van der Waals surface area contributed by atoms with E-state index in [9.17, 15) is 0 Å². The Hall–Kier alpha value is -0.950. The number of hydrogen-bond acceptors (Lipinski definition) is 0. The largest absolute Gasteiger partial charge is 1.00 e. The minimum atomic E-state index is 0. The van der Waals surface area contributed by atoms with Gasteiger partial charge in [-0.3, -0.25) is 0 Å². The van der Waals surface area contributed by atoms with Crippen LogP contribution in [0.3, 0.4) is 0 Å². The van der Waals surface area contributed by atoms with Crippen LogP contribution in [0.5, 0.6) is 0 Å². The summed E-state index contributed by atoms with van der Waals surface area (Å²) in [6.07, 6.45) is 0. The standard InChI is InChI=1S/2C9H7.C2H6Si.ClH.Zr/c2*1-2-5-9-7-3-6-8(9)4-1;1-3-2;;/h2*1-7H;1-2H3;1H;/q2*-1;;;/p-1. The Morgan fingerprint density at radius 3 is 1.39 bits per heavy atom. The van der Waals surface area contributed by atoms with E-state index in [-0.39, 0.29) is 17.8 Å². The van der Waals surface area contributed by atoms with Crippen molar-refractivity contribution < 1.29 is 35.7 Å². The van der Waals surface area contributed by atoms with Gasteiger partial charge in [0, 0.05) is 0 Å². The molecular weight excluding hydrogens is 395 g/mol. The van der Waals surface area contributed by atoms with Gasteiger partial charge in [0.1, 0.15) is 0 Å². The predicted molar refractivity (Wildman–Crippen MR) is 96.6 cm³/mol. The fraction of sp³-hybridized carbons (Fsp3) is 0.100. The molecule has 0 radical (unpaired) electrons. The van der Waals surface area contributed by atoms with Crippen molar-refractivity contribution in [3.05, 3.63) is 84.9 Å². The monoisotopic (exact) mass is 413 g/mol. The third-order valence-corrected chi connectivity index (χ3v) is 3.10. The van der Waals surface area contributed by atoms with Crippen molar-refractivity contribution in [3.8, 4) is 0 Å². The molecule has 3 heteroatoms. The molecule has 23 heavy (non-hydrogen) atoms. The Kier molecular flexibility index (Phi) is 9.40. The van der Waals surface area contributed by atoms with Crippen molar-refractivity contribution in [3.63, 3.8) is 0 Å². The minimum absolute atomic E-state index is 0. The molecule has 0 fully saturated rings. The predicted octanol–water partition coefficient (Wildman–Crippen LogP) is 2.91. The number of hydrogen-bond donors (Lipinski definition) is 0. The normalized spacial score (nSPS) is 9.09. The number of rotatable bonds is 0. The average molecular weight is 415 g/mol. The first-order valence-electron chi connectivity index (χ1n) is 7.39. The molecule has 0 nitrogen and oxygen atoms in total. The summed E-state index contributed by atoms with van der Waals surface area (Å²) in [5, 5.41) is 5.32. The van der Waals surface area contributed by atoms with Crippen LogP contribution >= 0.6 is 0 Å². The minimum Gasteiger partial charge on any atom is -1.00 e. The first-order chi connectivity index (χ1) is 10.7. The van der Waals surface area contributed by atoms with Gasteiger partial charge >= 0.3 is 41.9 Å². The zero-order valence-corrected chi connectivity index (χ0v) is 17.7. The second kappa shape index (κ2) is 10.8. The van der Waals surface area contributed by atoms with Crippen molar-refractivity contribution in [1.82, 2.24) is 0 Å². The molecule has 4 aromatic rings. The molecule has 118 valence electrons. The smallest absolute Gasteiger partial charge is 0.0809 e. The van der Waals surface area contributed by atoms with Gasteiger partial charge in [0.05, 0.1) is 0 Å². The van der Waals surface area contributed by atoms with Crippen LogP contribution in [0, 0.1) is 0 Å². The van der Waals surface area contributed by atoms with Crippen LogP contribution in [-0.4, -0.2) is 5.43 Å². The molecule has 4 rings (SSSR count). The zero-order valence-electron chi connectivity index (χ0n) is 13.5. The maximum Gasteiger partial charge on any atom is -0.0809 e. The molecule has 0 aromatic heterocycles. The molecule has 0 bridgehead atoms. The van der Waals surface area contributed by atoms with E-state index in [4.69, 9.17) is 0 Å². The maximum absolute atomic E-state index is 2.31. The molecule has 0 amide bonds.